The zero-order valence-corrected chi connectivity index (χ0v) is 18.3. The number of hydrogen-bond donors (Lipinski definition) is 0. The van der Waals surface area contributed by atoms with Crippen molar-refractivity contribution < 1.29 is 4.39 Å². The molecule has 5 rings (SSSR count). The highest BCUT2D eigenvalue weighted by atomic mass is 32.2. The highest BCUT2D eigenvalue weighted by Crippen LogP contribution is 2.36. The first kappa shape index (κ1) is 20.3. The number of anilines is 1. The normalized spacial score (nSPS) is 17.4. The number of aromatic nitrogens is 1. The summed E-state index contributed by atoms with van der Waals surface area (Å²) >= 11 is 2.06. The molecule has 0 amide bonds. The Hall–Kier alpha value is -2.63. The highest BCUT2D eigenvalue weighted by Gasteiger charge is 2.27. The van der Waals surface area contributed by atoms with E-state index in [0.29, 0.717) is 0 Å². The molecule has 1 saturated carbocycles. The van der Waals surface area contributed by atoms with E-state index in [-0.39, 0.29) is 5.82 Å². The molecular weight excluding hydrogens is 405 g/mol. The first-order valence-corrected chi connectivity index (χ1v) is 11.7. The molecule has 0 radical (unpaired) electrons. The molecule has 2 fully saturated rings. The Balaban J connectivity index is 1.23. The minimum Gasteiger partial charge on any atom is -0.369 e. The number of piperazine rings is 1. The fourth-order valence-electron chi connectivity index (χ4n) is 3.84. The van der Waals surface area contributed by atoms with Crippen LogP contribution in [-0.2, 0) is 0 Å². The molecule has 1 aromatic heterocycles. The molecule has 0 atom stereocenters. The Bertz CT molecular complexity index is 1040. The number of benzene rings is 2. The third kappa shape index (κ3) is 5.35. The number of hydrogen-bond acceptors (Lipinski definition) is 4. The lowest BCUT2D eigenvalue weighted by Gasteiger charge is -2.35. The first-order chi connectivity index (χ1) is 15.2. The van der Waals surface area contributed by atoms with Crippen LogP contribution in [-0.4, -0.2) is 40.7 Å². The molecule has 0 spiro atoms. The average Bonchev–Trinajstić information content (AvgIpc) is 3.63. The third-order valence-corrected chi connectivity index (χ3v) is 7.15. The van der Waals surface area contributed by atoms with Crippen LogP contribution in [0.2, 0.25) is 0 Å². The van der Waals surface area contributed by atoms with Gasteiger partial charge in [-0.1, -0.05) is 36.2 Å². The van der Waals surface area contributed by atoms with Crippen molar-refractivity contribution in [2.24, 2.45) is 0 Å². The van der Waals surface area contributed by atoms with Gasteiger partial charge in [-0.25, -0.2) is 8.70 Å². The van der Waals surface area contributed by atoms with Crippen molar-refractivity contribution >= 4 is 29.8 Å². The van der Waals surface area contributed by atoms with Crippen LogP contribution >= 0.6 is 11.9 Å². The van der Waals surface area contributed by atoms with Crippen LogP contribution in [0.15, 0.2) is 67.0 Å². The molecule has 3 nitrogen and oxygen atoms in total. The predicted octanol–water partition coefficient (Wildman–Crippen LogP) is 5.99. The molecule has 2 aromatic carbocycles. The van der Waals surface area contributed by atoms with Crippen LogP contribution in [0.4, 0.5) is 10.1 Å². The van der Waals surface area contributed by atoms with E-state index in [2.05, 4.69) is 50.4 Å². The summed E-state index contributed by atoms with van der Waals surface area (Å²) in [6.07, 6.45) is 10.2. The van der Waals surface area contributed by atoms with Crippen LogP contribution in [0.1, 0.15) is 24.0 Å². The van der Waals surface area contributed by atoms with E-state index >= 15 is 0 Å². The Labute approximate surface area is 187 Å². The van der Waals surface area contributed by atoms with Crippen molar-refractivity contribution in [3.8, 4) is 11.1 Å². The molecule has 0 unspecified atom stereocenters. The van der Waals surface area contributed by atoms with Gasteiger partial charge in [0.25, 0.3) is 0 Å². The number of halogens is 1. The molecule has 5 heteroatoms. The summed E-state index contributed by atoms with van der Waals surface area (Å²) in [5.74, 6) is -0.233. The second-order valence-corrected chi connectivity index (χ2v) is 9.55. The summed E-state index contributed by atoms with van der Waals surface area (Å²) in [7, 11) is 0. The molecule has 0 bridgehead atoms. The summed E-state index contributed by atoms with van der Waals surface area (Å²) in [4.78, 5) is 6.50. The smallest absolute Gasteiger partial charge is 0.124 e. The lowest BCUT2D eigenvalue weighted by atomic mass is 10.0. The molecule has 1 aliphatic heterocycles. The van der Waals surface area contributed by atoms with Gasteiger partial charge in [0.1, 0.15) is 5.82 Å². The third-order valence-electron chi connectivity index (χ3n) is 5.72. The van der Waals surface area contributed by atoms with E-state index in [4.69, 9.17) is 0 Å². The topological polar surface area (TPSA) is 19.4 Å². The number of pyridine rings is 1. The van der Waals surface area contributed by atoms with E-state index in [1.165, 1.54) is 18.5 Å². The monoisotopic (exact) mass is 431 g/mol. The summed E-state index contributed by atoms with van der Waals surface area (Å²) in [6, 6.07) is 17.6. The van der Waals surface area contributed by atoms with Crippen molar-refractivity contribution in [1.82, 2.24) is 9.29 Å². The SMILES string of the molecule is Fc1cc(C=Cc2ccc(N3CCN(SC4CC4)CC3)cc2)cc(-c2ccncc2)c1. The zero-order chi connectivity index (χ0) is 21.0. The molecule has 31 heavy (non-hydrogen) atoms. The van der Waals surface area contributed by atoms with Crippen LogP contribution in [0.3, 0.4) is 0 Å². The summed E-state index contributed by atoms with van der Waals surface area (Å²) < 4.78 is 16.7. The van der Waals surface area contributed by atoms with Crippen molar-refractivity contribution in [3.05, 3.63) is 83.9 Å². The van der Waals surface area contributed by atoms with Crippen LogP contribution in [0.5, 0.6) is 0 Å². The van der Waals surface area contributed by atoms with Gasteiger partial charge in [0.2, 0.25) is 0 Å². The Morgan fingerprint density at radius 2 is 1.52 bits per heavy atom. The van der Waals surface area contributed by atoms with Gasteiger partial charge in [-0.2, -0.15) is 0 Å². The second-order valence-electron chi connectivity index (χ2n) is 8.15. The van der Waals surface area contributed by atoms with Gasteiger partial charge in [0.15, 0.2) is 0 Å². The van der Waals surface area contributed by atoms with Crippen molar-refractivity contribution in [1.29, 1.82) is 0 Å². The fraction of sp³-hybridized carbons (Fsp3) is 0.269. The van der Waals surface area contributed by atoms with Gasteiger partial charge in [-0.05, 0) is 77.6 Å². The Kier molecular flexibility index (Phi) is 6.05. The van der Waals surface area contributed by atoms with Crippen molar-refractivity contribution in [2.45, 2.75) is 18.1 Å². The summed E-state index contributed by atoms with van der Waals surface area (Å²) in [6.45, 7) is 4.41. The standard InChI is InChI=1S/C26H26FN3S/c27-24-18-21(17-23(19-24)22-9-11-28-12-10-22)2-1-20-3-5-25(6-4-20)29-13-15-30(16-14-29)31-26-7-8-26/h1-6,9-12,17-19,26H,7-8,13-16H2. The van der Waals surface area contributed by atoms with Crippen molar-refractivity contribution in [3.63, 3.8) is 0 Å². The lowest BCUT2D eigenvalue weighted by molar-refractivity contribution is 0.429. The Morgan fingerprint density at radius 3 is 2.23 bits per heavy atom. The molecule has 3 aromatic rings. The van der Waals surface area contributed by atoms with E-state index in [0.717, 1.165) is 53.7 Å². The first-order valence-electron chi connectivity index (χ1n) is 10.9. The molecule has 0 N–H and O–H groups in total. The average molecular weight is 432 g/mol. The maximum absolute atomic E-state index is 14.1. The molecule has 2 aliphatic rings. The quantitative estimate of drug-likeness (QED) is 0.352. The molecule has 1 aliphatic carbocycles. The lowest BCUT2D eigenvalue weighted by Crippen LogP contribution is -2.43. The molecular formula is C26H26FN3S. The Morgan fingerprint density at radius 1 is 0.806 bits per heavy atom. The van der Waals surface area contributed by atoms with E-state index in [9.17, 15) is 4.39 Å². The van der Waals surface area contributed by atoms with E-state index < -0.39 is 0 Å². The van der Waals surface area contributed by atoms with Crippen LogP contribution < -0.4 is 4.90 Å². The fourth-order valence-corrected chi connectivity index (χ4v) is 4.99. The molecule has 2 heterocycles. The van der Waals surface area contributed by atoms with E-state index in [1.54, 1.807) is 24.5 Å². The molecule has 158 valence electrons. The van der Waals surface area contributed by atoms with Gasteiger partial charge in [0, 0.05) is 49.5 Å². The van der Waals surface area contributed by atoms with Crippen LogP contribution in [0, 0.1) is 5.82 Å². The van der Waals surface area contributed by atoms with Gasteiger partial charge in [-0.3, -0.25) is 4.98 Å². The minimum atomic E-state index is -0.233. The highest BCUT2D eigenvalue weighted by molar-refractivity contribution is 7.97. The summed E-state index contributed by atoms with van der Waals surface area (Å²) in [5.41, 5.74) is 5.06. The second kappa shape index (κ2) is 9.25. The summed E-state index contributed by atoms with van der Waals surface area (Å²) in [5, 5.41) is 0.886. The zero-order valence-electron chi connectivity index (χ0n) is 17.5. The maximum Gasteiger partial charge on any atom is 0.124 e. The van der Waals surface area contributed by atoms with Gasteiger partial charge < -0.3 is 4.90 Å². The number of rotatable bonds is 6. The number of nitrogens with zero attached hydrogens (tertiary/aromatic N) is 3. The maximum atomic E-state index is 14.1. The van der Waals surface area contributed by atoms with Gasteiger partial charge >= 0.3 is 0 Å². The van der Waals surface area contributed by atoms with Gasteiger partial charge in [-0.15, -0.1) is 0 Å². The van der Waals surface area contributed by atoms with Crippen LogP contribution in [0.25, 0.3) is 23.3 Å². The predicted molar refractivity (Wildman–Crippen MR) is 129 cm³/mol. The van der Waals surface area contributed by atoms with Crippen molar-refractivity contribution in [2.75, 3.05) is 31.1 Å². The largest absolute Gasteiger partial charge is 0.369 e. The molecule has 1 saturated heterocycles. The van der Waals surface area contributed by atoms with Gasteiger partial charge in [0.05, 0.1) is 0 Å². The minimum absolute atomic E-state index is 0.233. The van der Waals surface area contributed by atoms with E-state index in [1.807, 2.05) is 30.4 Å².